The minimum Gasteiger partial charge on any atom is -0.507 e. The predicted molar refractivity (Wildman–Crippen MR) is 445 cm³/mol. The molecule has 2 fully saturated rings. The fourth-order valence-corrected chi connectivity index (χ4v) is 17.1. The van der Waals surface area contributed by atoms with Crippen molar-refractivity contribution in [2.75, 3.05) is 75.7 Å². The molecule has 118 heavy (non-hydrogen) atoms. The molecule has 28 heteroatoms. The van der Waals surface area contributed by atoms with Crippen molar-refractivity contribution in [2.45, 2.75) is 201 Å². The summed E-state index contributed by atoms with van der Waals surface area (Å²) in [6, 6.07) is 0. The lowest BCUT2D eigenvalue weighted by Gasteiger charge is -2.39. The molecular weight excluding hydrogens is 1520 g/mol. The Labute approximate surface area is 692 Å². The van der Waals surface area contributed by atoms with Crippen LogP contribution in [-0.4, -0.2) is 216 Å². The molecule has 0 saturated carbocycles. The van der Waals surface area contributed by atoms with Gasteiger partial charge in [-0.15, -0.1) is 0 Å². The number of hydrogen-bond acceptors (Lipinski definition) is 26. The molecule has 2 saturated heterocycles. The monoisotopic (exact) mass is 1640 g/mol. The van der Waals surface area contributed by atoms with E-state index in [9.17, 15) is 79.2 Å². The Hall–Kier alpha value is -9.58. The van der Waals surface area contributed by atoms with E-state index < -0.39 is 159 Å². The molecule has 12 rings (SSSR count). The van der Waals surface area contributed by atoms with Crippen LogP contribution in [0.25, 0.3) is 10.8 Å². The first-order valence-electron chi connectivity index (χ1n) is 41.2. The molecule has 3 aromatic carbocycles. The molecular formula is C90H124N6O22. The highest BCUT2D eigenvalue weighted by Gasteiger charge is 2.55. The summed E-state index contributed by atoms with van der Waals surface area (Å²) in [7, 11) is 0. The number of carbonyl (C=O) groups is 8. The minimum absolute atomic E-state index is 0.0316. The number of aliphatic hydroxyl groups excluding tert-OH is 4. The highest BCUT2D eigenvalue weighted by Crippen LogP contribution is 2.58. The molecule has 28 nitrogen and oxygen atoms in total. The number of phenols is 4. The standard InChI is InChI=1S/C45H63N3O11.C45H61N3O11/c2*1-22(2)21-47-16-18-48(19-17-47)35-34-39(53)32-31(40(35)54)33-42(29(9)38(32)52)59-45(11,43(33)55)57-20-15-23(3)26(6)41(58-30(10)49)28(8)37(51)27(7)36(50)24(4)13-12-14-25(5)44(56)46-34/h12-15,20,22-24,26-28,36-37,41,50-54H,16-19,21H2,1-11H3,(H,46,56);12-15,20,22-24,26-28,36-37,41,50-52H,16-19,21H2,1-11H3,(H,46,56)/b2*13-12+,20-15+,25-14-/t2*23-,24-,26+,27+,28+,36-,37+,41+,45-/m00/s1. The summed E-state index contributed by atoms with van der Waals surface area (Å²) in [6.45, 7) is 43.6. The van der Waals surface area contributed by atoms with Gasteiger partial charge in [0.2, 0.25) is 11.6 Å². The Morgan fingerprint density at radius 1 is 0.475 bits per heavy atom. The van der Waals surface area contributed by atoms with E-state index in [1.54, 1.807) is 95.9 Å². The Bertz CT molecular complexity index is 4590. The smallest absolute Gasteiger partial charge is 0.312 e. The number of esters is 2. The van der Waals surface area contributed by atoms with Gasteiger partial charge in [0, 0.05) is 156 Å². The number of Topliss-reactive ketones (excluding diaryl/α,β-unsaturated/α-hetero) is 4. The number of amides is 2. The van der Waals surface area contributed by atoms with Gasteiger partial charge < -0.3 is 89.7 Å². The van der Waals surface area contributed by atoms with Crippen LogP contribution in [0.2, 0.25) is 0 Å². The number of phenolic OH excluding ortho intramolecular Hbond substituents is 4. The zero-order valence-corrected chi connectivity index (χ0v) is 72.3. The van der Waals surface area contributed by atoms with Crippen molar-refractivity contribution in [3.8, 4) is 34.5 Å². The molecule has 10 bridgehead atoms. The summed E-state index contributed by atoms with van der Waals surface area (Å²) in [5, 5.41) is 98.4. The van der Waals surface area contributed by atoms with Crippen LogP contribution in [-0.2, 0) is 38.1 Å². The van der Waals surface area contributed by atoms with Crippen molar-refractivity contribution < 1.29 is 108 Å². The van der Waals surface area contributed by atoms with Gasteiger partial charge >= 0.3 is 23.5 Å². The number of ketones is 4. The number of nitrogens with one attached hydrogen (secondary N) is 2. The van der Waals surface area contributed by atoms with E-state index in [0.717, 1.165) is 13.1 Å². The Kier molecular flexibility index (Phi) is 29.2. The predicted octanol–water partition coefficient (Wildman–Crippen LogP) is 11.0. The molecule has 0 spiro atoms. The van der Waals surface area contributed by atoms with Crippen LogP contribution in [0.1, 0.15) is 191 Å². The van der Waals surface area contributed by atoms with Gasteiger partial charge in [-0.1, -0.05) is 133 Å². The molecule has 8 heterocycles. The van der Waals surface area contributed by atoms with Gasteiger partial charge in [0.15, 0.2) is 5.75 Å². The maximum absolute atomic E-state index is 14.9. The van der Waals surface area contributed by atoms with Gasteiger partial charge in [-0.25, -0.2) is 0 Å². The van der Waals surface area contributed by atoms with Gasteiger partial charge in [-0.05, 0) is 75.4 Å². The first-order chi connectivity index (χ1) is 55.2. The van der Waals surface area contributed by atoms with Crippen molar-refractivity contribution >= 4 is 69.0 Å². The summed E-state index contributed by atoms with van der Waals surface area (Å²) < 4.78 is 35.9. The van der Waals surface area contributed by atoms with E-state index in [4.69, 9.17) is 28.4 Å². The maximum Gasteiger partial charge on any atom is 0.312 e. The molecule has 8 aliphatic heterocycles. The molecule has 0 unspecified atom stereocenters. The van der Waals surface area contributed by atoms with E-state index in [2.05, 4.69) is 48.1 Å². The fourth-order valence-electron chi connectivity index (χ4n) is 17.1. The quantitative estimate of drug-likeness (QED) is 0.0569. The number of carbonyl (C=O) groups excluding carboxylic acids is 8. The summed E-state index contributed by atoms with van der Waals surface area (Å²) in [5.74, 6) is -15.5. The number of benzene rings is 3. The summed E-state index contributed by atoms with van der Waals surface area (Å²) in [4.78, 5) is 119. The lowest BCUT2D eigenvalue weighted by atomic mass is 9.77. The Morgan fingerprint density at radius 2 is 0.881 bits per heavy atom. The molecule has 3 aromatic rings. The molecule has 18 atom stereocenters. The molecule has 9 aliphatic rings. The van der Waals surface area contributed by atoms with E-state index in [1.165, 1.54) is 67.1 Å². The lowest BCUT2D eigenvalue weighted by Crippen LogP contribution is -2.50. The molecule has 0 radical (unpaired) electrons. The van der Waals surface area contributed by atoms with Crippen LogP contribution in [0.5, 0.6) is 34.5 Å². The lowest BCUT2D eigenvalue weighted by molar-refractivity contribution is -0.159. The minimum atomic E-state index is -2.01. The van der Waals surface area contributed by atoms with E-state index in [1.807, 2.05) is 32.6 Å². The topological polar surface area (TPSA) is 391 Å². The van der Waals surface area contributed by atoms with Crippen molar-refractivity contribution in [2.24, 2.45) is 71.0 Å². The first kappa shape index (κ1) is 92.3. The van der Waals surface area contributed by atoms with Gasteiger partial charge in [-0.2, -0.15) is 0 Å². The number of fused-ring (bicyclic) bond motifs is 28. The van der Waals surface area contributed by atoms with Crippen LogP contribution < -0.4 is 25.0 Å². The number of hydrogen-bond donors (Lipinski definition) is 10. The van der Waals surface area contributed by atoms with E-state index in [0.29, 0.717) is 64.2 Å². The third-order valence-corrected chi connectivity index (χ3v) is 24.8. The van der Waals surface area contributed by atoms with Crippen LogP contribution in [0.3, 0.4) is 0 Å². The zero-order chi connectivity index (χ0) is 87.7. The highest BCUT2D eigenvalue weighted by molar-refractivity contribution is 6.32. The zero-order valence-electron chi connectivity index (χ0n) is 72.3. The molecule has 2 amide bonds. The van der Waals surface area contributed by atoms with Crippen molar-refractivity contribution in [3.63, 3.8) is 0 Å². The van der Waals surface area contributed by atoms with Crippen LogP contribution >= 0.6 is 0 Å². The third kappa shape index (κ3) is 18.9. The van der Waals surface area contributed by atoms with Crippen LogP contribution in [0.4, 0.5) is 11.4 Å². The van der Waals surface area contributed by atoms with Crippen LogP contribution in [0, 0.1) is 84.9 Å². The molecule has 646 valence electrons. The number of allylic oxidation sites excluding steroid dienone is 8. The second kappa shape index (κ2) is 37.4. The van der Waals surface area contributed by atoms with Crippen molar-refractivity contribution in [1.82, 2.24) is 20.0 Å². The molecule has 0 aromatic heterocycles. The van der Waals surface area contributed by atoms with Crippen molar-refractivity contribution in [1.29, 1.82) is 0 Å². The largest absolute Gasteiger partial charge is 0.507 e. The first-order valence-corrected chi connectivity index (χ1v) is 41.2. The molecule has 1 aliphatic carbocycles. The third-order valence-electron chi connectivity index (χ3n) is 24.8. The summed E-state index contributed by atoms with van der Waals surface area (Å²) in [5.41, 5.74) is -0.953. The fraction of sp³-hybridized carbons (Fsp3) is 0.578. The second-order valence-electron chi connectivity index (χ2n) is 34.7. The average Bonchev–Trinajstić information content (AvgIpc) is 1.49. The normalized spacial score (nSPS) is 32.6. The summed E-state index contributed by atoms with van der Waals surface area (Å²) in [6.07, 6.45) is 9.86. The van der Waals surface area contributed by atoms with E-state index in [-0.39, 0.29) is 108 Å². The Morgan fingerprint density at radius 3 is 1.31 bits per heavy atom. The molecule has 10 N–H and O–H groups in total. The van der Waals surface area contributed by atoms with Gasteiger partial charge in [-0.3, -0.25) is 48.2 Å². The SMILES string of the molecule is CC(=O)O[C@H]1[C@H](C)[C@H](O)[C@H](C)[C@@H](O)[C@@H](C)/C=C/C=C(/C)C(=O)NC2=C(N3CCN(CC(C)C)CC3)C(=O)c3c(c(O)c(C)c4c3C(=O)[C@@](C)(O/C=C/[C@H](C)[C@H]1C)O4)C2=O.CC(=O)O[C@H]1[C@H](C)[C@H](O)[C@H](C)[C@@H](O)[C@@H](C)/C=C/C=C(/C)C(=O)Nc2c(N3CCN(CC(C)C)CC3)c(O)c3c4c(c(C)c(O)c3c2O)O[C@](C)(O/C=C/[C@H](C)[C@H]1C)C4=O. The van der Waals surface area contributed by atoms with Crippen LogP contribution in [0.15, 0.2) is 83.7 Å². The second-order valence-corrected chi connectivity index (χ2v) is 34.7. The number of ether oxygens (including phenoxy) is 6. The number of piperazine rings is 2. The number of aromatic hydroxyl groups is 4. The summed E-state index contributed by atoms with van der Waals surface area (Å²) >= 11 is 0. The highest BCUT2D eigenvalue weighted by atomic mass is 16.7. The Balaban J connectivity index is 0.000000269. The number of rotatable bonds is 8. The number of anilines is 2. The van der Waals surface area contributed by atoms with Crippen molar-refractivity contribution in [3.05, 3.63) is 117 Å². The average molecular weight is 1640 g/mol. The van der Waals surface area contributed by atoms with Gasteiger partial charge in [0.25, 0.3) is 23.4 Å². The van der Waals surface area contributed by atoms with Gasteiger partial charge in [0.05, 0.1) is 64.6 Å². The number of aliphatic hydroxyl groups is 4. The van der Waals surface area contributed by atoms with E-state index >= 15 is 0 Å². The maximum atomic E-state index is 14.9. The number of nitrogens with zero attached hydrogens (tertiary/aromatic N) is 4. The van der Waals surface area contributed by atoms with Gasteiger partial charge in [0.1, 0.15) is 63.7 Å².